The summed E-state index contributed by atoms with van der Waals surface area (Å²) >= 11 is 0. The van der Waals surface area contributed by atoms with Crippen molar-refractivity contribution in [3.05, 3.63) is 53.2 Å². The summed E-state index contributed by atoms with van der Waals surface area (Å²) in [5.74, 6) is 1.56. The van der Waals surface area contributed by atoms with Gasteiger partial charge in [-0.1, -0.05) is 19.9 Å². The van der Waals surface area contributed by atoms with Crippen molar-refractivity contribution in [1.29, 1.82) is 0 Å². The highest BCUT2D eigenvalue weighted by molar-refractivity contribution is 5.34. The Morgan fingerprint density at radius 3 is 3.10 bits per heavy atom. The zero-order valence-corrected chi connectivity index (χ0v) is 12.9. The van der Waals surface area contributed by atoms with Crippen molar-refractivity contribution in [2.45, 2.75) is 51.5 Å². The van der Waals surface area contributed by atoms with Crippen molar-refractivity contribution in [3.63, 3.8) is 0 Å². The molecule has 2 aromatic heterocycles. The van der Waals surface area contributed by atoms with Gasteiger partial charge in [-0.15, -0.1) is 0 Å². The minimum atomic E-state index is 0.315. The molecule has 112 valence electrons. The second kappa shape index (κ2) is 6.44. The van der Waals surface area contributed by atoms with Gasteiger partial charge in [0.25, 0.3) is 0 Å². The molecule has 2 unspecified atom stereocenters. The molecule has 0 bridgehead atoms. The average molecular weight is 284 g/mol. The summed E-state index contributed by atoms with van der Waals surface area (Å²) < 4.78 is 5.66. The van der Waals surface area contributed by atoms with E-state index in [9.17, 15) is 0 Å². The molecule has 0 saturated carbocycles. The van der Waals surface area contributed by atoms with E-state index < -0.39 is 0 Å². The Morgan fingerprint density at radius 1 is 1.38 bits per heavy atom. The number of pyridine rings is 1. The van der Waals surface area contributed by atoms with Crippen molar-refractivity contribution in [2.75, 3.05) is 6.54 Å². The van der Waals surface area contributed by atoms with E-state index in [2.05, 4.69) is 36.3 Å². The van der Waals surface area contributed by atoms with Crippen LogP contribution in [-0.2, 0) is 12.8 Å². The summed E-state index contributed by atoms with van der Waals surface area (Å²) in [7, 11) is 0. The van der Waals surface area contributed by atoms with Crippen LogP contribution in [0.2, 0.25) is 0 Å². The molecule has 0 amide bonds. The molecule has 2 aromatic rings. The lowest BCUT2D eigenvalue weighted by molar-refractivity contribution is 0.423. The first-order valence-electron chi connectivity index (χ1n) is 8.08. The quantitative estimate of drug-likeness (QED) is 0.871. The van der Waals surface area contributed by atoms with E-state index in [4.69, 9.17) is 4.42 Å². The van der Waals surface area contributed by atoms with E-state index in [0.717, 1.165) is 31.6 Å². The normalized spacial score (nSPS) is 18.7. The number of hydrogen-bond donors (Lipinski definition) is 1. The van der Waals surface area contributed by atoms with Crippen LogP contribution in [0.15, 0.2) is 35.1 Å². The van der Waals surface area contributed by atoms with Crippen LogP contribution >= 0.6 is 0 Å². The van der Waals surface area contributed by atoms with Gasteiger partial charge in [0.2, 0.25) is 0 Å². The number of fused-ring (bicyclic) bond motifs is 1. The summed E-state index contributed by atoms with van der Waals surface area (Å²) in [6, 6.07) is 6.71. The van der Waals surface area contributed by atoms with Gasteiger partial charge in [-0.05, 0) is 43.5 Å². The van der Waals surface area contributed by atoms with Crippen LogP contribution in [0.25, 0.3) is 0 Å². The van der Waals surface area contributed by atoms with Crippen LogP contribution in [0.5, 0.6) is 0 Å². The van der Waals surface area contributed by atoms with E-state index in [1.807, 2.05) is 18.5 Å². The first kappa shape index (κ1) is 14.3. The van der Waals surface area contributed by atoms with Crippen LogP contribution < -0.4 is 5.32 Å². The predicted octanol–water partition coefficient (Wildman–Crippen LogP) is 4.01. The standard InChI is InChI=1S/C18H24N2O/c1-3-10-19-18(14-9-12-21-16(14)4-2)15-8-7-13-6-5-11-20-17(13)15/h5-6,9,11-12,15,18-19H,3-4,7-8,10H2,1-2H3. The lowest BCUT2D eigenvalue weighted by atomic mass is 9.90. The Bertz CT molecular complexity index is 590. The third-order valence-corrected chi connectivity index (χ3v) is 4.45. The summed E-state index contributed by atoms with van der Waals surface area (Å²) in [5, 5.41) is 3.73. The van der Waals surface area contributed by atoms with Gasteiger partial charge in [-0.3, -0.25) is 4.98 Å². The maximum absolute atomic E-state index is 5.66. The molecule has 1 aliphatic carbocycles. The molecule has 0 radical (unpaired) electrons. The molecule has 2 atom stereocenters. The Hall–Kier alpha value is -1.61. The highest BCUT2D eigenvalue weighted by atomic mass is 16.3. The van der Waals surface area contributed by atoms with E-state index in [1.54, 1.807) is 0 Å². The summed E-state index contributed by atoms with van der Waals surface area (Å²) in [6.07, 6.45) is 8.12. The van der Waals surface area contributed by atoms with Crippen molar-refractivity contribution in [3.8, 4) is 0 Å². The molecule has 0 saturated heterocycles. The molecule has 0 spiro atoms. The second-order valence-corrected chi connectivity index (χ2v) is 5.78. The minimum Gasteiger partial charge on any atom is -0.469 e. The third kappa shape index (κ3) is 2.75. The van der Waals surface area contributed by atoms with E-state index in [1.165, 1.54) is 23.2 Å². The number of hydrogen-bond acceptors (Lipinski definition) is 3. The number of aryl methyl sites for hydroxylation is 2. The summed E-state index contributed by atoms with van der Waals surface area (Å²) in [4.78, 5) is 4.66. The smallest absolute Gasteiger partial charge is 0.108 e. The Morgan fingerprint density at radius 2 is 2.29 bits per heavy atom. The zero-order valence-electron chi connectivity index (χ0n) is 12.9. The Labute approximate surface area is 126 Å². The molecule has 3 nitrogen and oxygen atoms in total. The topological polar surface area (TPSA) is 38.1 Å². The third-order valence-electron chi connectivity index (χ3n) is 4.45. The fourth-order valence-corrected chi connectivity index (χ4v) is 3.45. The molecular weight excluding hydrogens is 260 g/mol. The van der Waals surface area contributed by atoms with Gasteiger partial charge in [0, 0.05) is 35.8 Å². The molecular formula is C18H24N2O. The van der Waals surface area contributed by atoms with Crippen LogP contribution in [0.1, 0.15) is 61.2 Å². The van der Waals surface area contributed by atoms with E-state index in [-0.39, 0.29) is 0 Å². The minimum absolute atomic E-state index is 0.315. The van der Waals surface area contributed by atoms with Crippen molar-refractivity contribution >= 4 is 0 Å². The maximum atomic E-state index is 5.66. The molecule has 3 rings (SSSR count). The van der Waals surface area contributed by atoms with Crippen molar-refractivity contribution in [1.82, 2.24) is 10.3 Å². The monoisotopic (exact) mass is 284 g/mol. The largest absolute Gasteiger partial charge is 0.469 e. The molecule has 1 N–H and O–H groups in total. The van der Waals surface area contributed by atoms with Crippen LogP contribution in [0, 0.1) is 0 Å². The number of nitrogens with one attached hydrogen (secondary N) is 1. The molecule has 2 heterocycles. The van der Waals surface area contributed by atoms with Gasteiger partial charge in [0.15, 0.2) is 0 Å². The van der Waals surface area contributed by atoms with Gasteiger partial charge in [0.05, 0.1) is 6.26 Å². The van der Waals surface area contributed by atoms with Gasteiger partial charge in [-0.2, -0.15) is 0 Å². The number of nitrogens with zero attached hydrogens (tertiary/aromatic N) is 1. The van der Waals surface area contributed by atoms with Gasteiger partial charge < -0.3 is 9.73 Å². The molecule has 0 aromatic carbocycles. The highest BCUT2D eigenvalue weighted by Gasteiger charge is 2.33. The Kier molecular flexibility index (Phi) is 4.39. The molecule has 3 heteroatoms. The predicted molar refractivity (Wildman–Crippen MR) is 84.4 cm³/mol. The fraction of sp³-hybridized carbons (Fsp3) is 0.500. The van der Waals surface area contributed by atoms with Gasteiger partial charge in [0.1, 0.15) is 5.76 Å². The lowest BCUT2D eigenvalue weighted by Crippen LogP contribution is -2.27. The van der Waals surface area contributed by atoms with Gasteiger partial charge in [-0.25, -0.2) is 0 Å². The summed E-state index contributed by atoms with van der Waals surface area (Å²) in [5.41, 5.74) is 4.00. The molecule has 1 aliphatic rings. The molecule has 21 heavy (non-hydrogen) atoms. The van der Waals surface area contributed by atoms with E-state index in [0.29, 0.717) is 12.0 Å². The molecule has 0 aliphatic heterocycles. The van der Waals surface area contributed by atoms with Crippen LogP contribution in [0.3, 0.4) is 0 Å². The zero-order chi connectivity index (χ0) is 14.7. The fourth-order valence-electron chi connectivity index (χ4n) is 3.45. The number of rotatable bonds is 6. The Balaban J connectivity index is 1.94. The SMILES string of the molecule is CCCNC(c1ccoc1CC)C1CCc2cccnc21. The number of furan rings is 1. The van der Waals surface area contributed by atoms with Crippen molar-refractivity contribution < 1.29 is 4.42 Å². The van der Waals surface area contributed by atoms with Crippen LogP contribution in [0.4, 0.5) is 0 Å². The molecule has 0 fully saturated rings. The number of aromatic nitrogens is 1. The van der Waals surface area contributed by atoms with Gasteiger partial charge >= 0.3 is 0 Å². The first-order valence-corrected chi connectivity index (χ1v) is 8.08. The van der Waals surface area contributed by atoms with Crippen molar-refractivity contribution in [2.24, 2.45) is 0 Å². The first-order chi connectivity index (χ1) is 10.3. The summed E-state index contributed by atoms with van der Waals surface area (Å²) in [6.45, 7) is 5.39. The average Bonchev–Trinajstić information content (AvgIpc) is 3.15. The lowest BCUT2D eigenvalue weighted by Gasteiger charge is -2.25. The van der Waals surface area contributed by atoms with E-state index >= 15 is 0 Å². The second-order valence-electron chi connectivity index (χ2n) is 5.78. The highest BCUT2D eigenvalue weighted by Crippen LogP contribution is 2.41. The maximum Gasteiger partial charge on any atom is 0.108 e. The van der Waals surface area contributed by atoms with Crippen LogP contribution in [-0.4, -0.2) is 11.5 Å².